The summed E-state index contributed by atoms with van der Waals surface area (Å²) in [6, 6.07) is 3.19. The molecule has 0 bridgehead atoms. The minimum atomic E-state index is -4.52. The molecule has 122 valence electrons. The van der Waals surface area contributed by atoms with Crippen LogP contribution >= 0.6 is 0 Å². The fourth-order valence-corrected chi connectivity index (χ4v) is 1.65. The monoisotopic (exact) mass is 316 g/mol. The third kappa shape index (κ3) is 5.05. The van der Waals surface area contributed by atoms with Gasteiger partial charge in [0.1, 0.15) is 6.04 Å². The molecule has 0 radical (unpaired) electrons. The second-order valence-electron chi connectivity index (χ2n) is 5.09. The smallest absolute Gasteiger partial charge is 0.352 e. The third-order valence-corrected chi connectivity index (χ3v) is 3.19. The zero-order valence-electron chi connectivity index (χ0n) is 12.6. The third-order valence-electron chi connectivity index (χ3n) is 3.19. The highest BCUT2D eigenvalue weighted by atomic mass is 19.4. The number of amides is 2. The van der Waals surface area contributed by atoms with Crippen LogP contribution in [-0.4, -0.2) is 23.9 Å². The minimum absolute atomic E-state index is 0.0413. The van der Waals surface area contributed by atoms with Gasteiger partial charge >= 0.3 is 6.18 Å². The van der Waals surface area contributed by atoms with Gasteiger partial charge in [-0.05, 0) is 38.5 Å². The first kappa shape index (κ1) is 18.0. The molecule has 2 atom stereocenters. The van der Waals surface area contributed by atoms with E-state index in [0.717, 1.165) is 24.6 Å². The van der Waals surface area contributed by atoms with Gasteiger partial charge in [-0.3, -0.25) is 9.59 Å². The molecule has 0 aliphatic heterocycles. The molecule has 1 rings (SSSR count). The minimum Gasteiger partial charge on any atom is -0.352 e. The highest BCUT2D eigenvalue weighted by molar-refractivity contribution is 5.97. The maximum absolute atomic E-state index is 12.6. The van der Waals surface area contributed by atoms with Gasteiger partial charge in [-0.25, -0.2) is 0 Å². The van der Waals surface area contributed by atoms with Gasteiger partial charge in [0.25, 0.3) is 5.91 Å². The first-order valence-corrected chi connectivity index (χ1v) is 6.93. The Morgan fingerprint density at radius 1 is 1.18 bits per heavy atom. The lowest BCUT2D eigenvalue weighted by atomic mass is 10.1. The lowest BCUT2D eigenvalue weighted by Gasteiger charge is -2.17. The van der Waals surface area contributed by atoms with E-state index in [4.69, 9.17) is 0 Å². The van der Waals surface area contributed by atoms with Crippen LogP contribution in [0.25, 0.3) is 0 Å². The standard InChI is InChI=1S/C15H19F3N2O2/c1-4-9(2)19-13(21)10(3)20-14(22)11-6-5-7-12(8-11)15(16,17)18/h5-10H,4H2,1-3H3,(H,19,21)(H,20,22)/t9-,10+/m1/s1. The van der Waals surface area contributed by atoms with E-state index in [1.165, 1.54) is 13.0 Å². The maximum Gasteiger partial charge on any atom is 0.416 e. The topological polar surface area (TPSA) is 58.2 Å². The van der Waals surface area contributed by atoms with Crippen molar-refractivity contribution in [3.8, 4) is 0 Å². The van der Waals surface area contributed by atoms with E-state index < -0.39 is 23.7 Å². The van der Waals surface area contributed by atoms with Crippen LogP contribution in [0.15, 0.2) is 24.3 Å². The maximum atomic E-state index is 12.6. The Morgan fingerprint density at radius 3 is 2.36 bits per heavy atom. The number of benzene rings is 1. The molecule has 2 N–H and O–H groups in total. The Labute approximate surface area is 127 Å². The summed E-state index contributed by atoms with van der Waals surface area (Å²) in [4.78, 5) is 23.7. The van der Waals surface area contributed by atoms with E-state index >= 15 is 0 Å². The van der Waals surface area contributed by atoms with Crippen LogP contribution in [0.3, 0.4) is 0 Å². The summed E-state index contributed by atoms with van der Waals surface area (Å²) in [5.74, 6) is -1.10. The molecule has 0 heterocycles. The number of hydrogen-bond donors (Lipinski definition) is 2. The van der Waals surface area contributed by atoms with Crippen LogP contribution in [0.4, 0.5) is 13.2 Å². The van der Waals surface area contributed by atoms with E-state index in [0.29, 0.717) is 0 Å². The van der Waals surface area contributed by atoms with Crippen LogP contribution < -0.4 is 10.6 Å². The van der Waals surface area contributed by atoms with E-state index in [1.807, 2.05) is 13.8 Å². The normalized spacial score (nSPS) is 14.1. The Kier molecular flexibility index (Phi) is 5.96. The first-order valence-electron chi connectivity index (χ1n) is 6.93. The molecule has 0 saturated carbocycles. The summed E-state index contributed by atoms with van der Waals surface area (Å²) < 4.78 is 37.8. The van der Waals surface area contributed by atoms with Gasteiger partial charge in [0.05, 0.1) is 5.56 Å². The SMILES string of the molecule is CC[C@@H](C)NC(=O)[C@H](C)NC(=O)c1cccc(C(F)(F)F)c1. The summed E-state index contributed by atoms with van der Waals surface area (Å²) in [6.45, 7) is 5.19. The van der Waals surface area contributed by atoms with Crippen molar-refractivity contribution < 1.29 is 22.8 Å². The molecular weight excluding hydrogens is 297 g/mol. The molecule has 1 aromatic carbocycles. The number of halogens is 3. The number of carbonyl (C=O) groups excluding carboxylic acids is 2. The van der Waals surface area contributed by atoms with Crippen molar-refractivity contribution in [2.24, 2.45) is 0 Å². The fourth-order valence-electron chi connectivity index (χ4n) is 1.65. The summed E-state index contributed by atoms with van der Waals surface area (Å²) >= 11 is 0. The van der Waals surface area contributed by atoms with Crippen molar-refractivity contribution in [1.82, 2.24) is 10.6 Å². The quantitative estimate of drug-likeness (QED) is 0.877. The zero-order valence-corrected chi connectivity index (χ0v) is 12.6. The Balaban J connectivity index is 2.75. The summed E-state index contributed by atoms with van der Waals surface area (Å²) in [7, 11) is 0. The number of rotatable bonds is 5. The van der Waals surface area contributed by atoms with Crippen LogP contribution in [-0.2, 0) is 11.0 Å². The lowest BCUT2D eigenvalue weighted by Crippen LogP contribution is -2.47. The Hall–Kier alpha value is -2.05. The van der Waals surface area contributed by atoms with E-state index in [2.05, 4.69) is 10.6 Å². The highest BCUT2D eigenvalue weighted by Crippen LogP contribution is 2.29. The lowest BCUT2D eigenvalue weighted by molar-refractivity contribution is -0.137. The van der Waals surface area contributed by atoms with Gasteiger partial charge in [-0.1, -0.05) is 13.0 Å². The van der Waals surface area contributed by atoms with E-state index in [1.54, 1.807) is 0 Å². The van der Waals surface area contributed by atoms with E-state index in [-0.39, 0.29) is 17.5 Å². The molecule has 0 aliphatic carbocycles. The summed E-state index contributed by atoms with van der Waals surface area (Å²) in [6.07, 6.45) is -3.78. The molecule has 0 aliphatic rings. The molecule has 4 nitrogen and oxygen atoms in total. The van der Waals surface area contributed by atoms with Crippen LogP contribution in [0.5, 0.6) is 0 Å². The Bertz CT molecular complexity index is 544. The van der Waals surface area contributed by atoms with Gasteiger partial charge < -0.3 is 10.6 Å². The molecule has 0 fully saturated rings. The molecule has 22 heavy (non-hydrogen) atoms. The number of alkyl halides is 3. The van der Waals surface area contributed by atoms with Crippen LogP contribution in [0, 0.1) is 0 Å². The number of nitrogens with one attached hydrogen (secondary N) is 2. The van der Waals surface area contributed by atoms with Gasteiger partial charge in [-0.2, -0.15) is 13.2 Å². The predicted molar refractivity (Wildman–Crippen MR) is 76.3 cm³/mol. The van der Waals surface area contributed by atoms with Gasteiger partial charge in [0.15, 0.2) is 0 Å². The van der Waals surface area contributed by atoms with Crippen molar-refractivity contribution in [1.29, 1.82) is 0 Å². The molecule has 0 saturated heterocycles. The van der Waals surface area contributed by atoms with Crippen molar-refractivity contribution in [2.75, 3.05) is 0 Å². The summed E-state index contributed by atoms with van der Waals surface area (Å²) in [5.41, 5.74) is -1.05. The average molecular weight is 316 g/mol. The second kappa shape index (κ2) is 7.29. The zero-order chi connectivity index (χ0) is 16.9. The second-order valence-corrected chi connectivity index (χ2v) is 5.09. The van der Waals surface area contributed by atoms with Crippen molar-refractivity contribution >= 4 is 11.8 Å². The van der Waals surface area contributed by atoms with Crippen LogP contribution in [0.2, 0.25) is 0 Å². The molecule has 0 spiro atoms. The largest absolute Gasteiger partial charge is 0.416 e. The van der Waals surface area contributed by atoms with Crippen molar-refractivity contribution in [3.63, 3.8) is 0 Å². The van der Waals surface area contributed by atoms with Gasteiger partial charge in [0, 0.05) is 11.6 Å². The molecule has 1 aromatic rings. The predicted octanol–water partition coefficient (Wildman–Crippen LogP) is 2.74. The number of carbonyl (C=O) groups is 2. The Morgan fingerprint density at radius 2 is 1.82 bits per heavy atom. The first-order chi connectivity index (χ1) is 10.1. The molecule has 0 aromatic heterocycles. The molecular formula is C15H19F3N2O2. The average Bonchev–Trinajstić information content (AvgIpc) is 2.46. The van der Waals surface area contributed by atoms with E-state index in [9.17, 15) is 22.8 Å². The molecule has 0 unspecified atom stereocenters. The number of hydrogen-bond acceptors (Lipinski definition) is 2. The van der Waals surface area contributed by atoms with Crippen LogP contribution in [0.1, 0.15) is 43.1 Å². The van der Waals surface area contributed by atoms with Gasteiger partial charge in [-0.15, -0.1) is 0 Å². The van der Waals surface area contributed by atoms with Crippen molar-refractivity contribution in [2.45, 2.75) is 45.5 Å². The fraction of sp³-hybridized carbons (Fsp3) is 0.467. The molecule has 7 heteroatoms. The van der Waals surface area contributed by atoms with Crippen molar-refractivity contribution in [3.05, 3.63) is 35.4 Å². The highest BCUT2D eigenvalue weighted by Gasteiger charge is 2.31. The van der Waals surface area contributed by atoms with Gasteiger partial charge in [0.2, 0.25) is 5.91 Å². The molecule has 2 amide bonds. The summed E-state index contributed by atoms with van der Waals surface area (Å²) in [5, 5.41) is 5.07.